The molecule has 1 N–H and O–H groups in total. The molecule has 10 heteroatoms. The molecular formula is C27H37FN4O3S2. The van der Waals surface area contributed by atoms with Crippen molar-refractivity contribution in [3.05, 3.63) is 40.2 Å². The van der Waals surface area contributed by atoms with E-state index in [9.17, 15) is 17.6 Å². The van der Waals surface area contributed by atoms with Gasteiger partial charge in [0.25, 0.3) is 0 Å². The Bertz CT molecular complexity index is 1280. The van der Waals surface area contributed by atoms with Crippen LogP contribution in [0.1, 0.15) is 69.0 Å². The number of hydrogen-bond donors (Lipinski definition) is 1. The van der Waals surface area contributed by atoms with E-state index in [0.29, 0.717) is 24.4 Å². The number of hydrogen-bond acceptors (Lipinski definition) is 7. The van der Waals surface area contributed by atoms with Crippen LogP contribution < -0.4 is 10.2 Å². The molecule has 1 aromatic heterocycles. The minimum absolute atomic E-state index is 0.0257. The quantitative estimate of drug-likeness (QED) is 0.495. The summed E-state index contributed by atoms with van der Waals surface area (Å²) in [6.45, 7) is 10.6. The van der Waals surface area contributed by atoms with E-state index in [1.54, 1.807) is 30.4 Å². The number of thiazole rings is 1. The van der Waals surface area contributed by atoms with E-state index in [1.165, 1.54) is 16.6 Å². The fourth-order valence-electron chi connectivity index (χ4n) is 5.26. The van der Waals surface area contributed by atoms with Crippen molar-refractivity contribution in [2.75, 3.05) is 36.1 Å². The lowest BCUT2D eigenvalue weighted by Crippen LogP contribution is -2.47. The van der Waals surface area contributed by atoms with Crippen LogP contribution in [0, 0.1) is 5.82 Å². The van der Waals surface area contributed by atoms with Crippen LogP contribution in [0.2, 0.25) is 0 Å². The maximum atomic E-state index is 14.9. The highest BCUT2D eigenvalue weighted by atomic mass is 32.2. The molecule has 2 aliphatic rings. The Morgan fingerprint density at radius 3 is 2.49 bits per heavy atom. The molecule has 2 aromatic rings. The summed E-state index contributed by atoms with van der Waals surface area (Å²) in [6, 6.07) is 2.13. The summed E-state index contributed by atoms with van der Waals surface area (Å²) in [6.07, 6.45) is 7.72. The third-order valence-corrected chi connectivity index (χ3v) is 9.60. The molecule has 1 amide bonds. The van der Waals surface area contributed by atoms with Gasteiger partial charge in [-0.25, -0.2) is 17.8 Å². The van der Waals surface area contributed by atoms with Gasteiger partial charge in [-0.05, 0) is 56.2 Å². The van der Waals surface area contributed by atoms with Gasteiger partial charge in [0.05, 0.1) is 16.3 Å². The standard InChI is InChI=1S/C27H37FN4O3S2/c1-6-8-18-15-22(20(28)16-24(18)37(5,34)35)29-21-11-14-32(26(21)33)19-9-12-31(13-10-19)27-30-25(17(3)4)23(7-2)36-27/h6,8,15-17,19,21,29H,7,9-14H2,1-5H3. The van der Waals surface area contributed by atoms with Crippen molar-refractivity contribution in [3.63, 3.8) is 0 Å². The first-order valence-electron chi connectivity index (χ1n) is 13.0. The number of halogens is 1. The molecule has 2 fully saturated rings. The Labute approximate surface area is 223 Å². The van der Waals surface area contributed by atoms with Gasteiger partial charge in [-0.15, -0.1) is 11.3 Å². The fourth-order valence-corrected chi connectivity index (χ4v) is 7.34. The van der Waals surface area contributed by atoms with E-state index in [-0.39, 0.29) is 22.5 Å². The van der Waals surface area contributed by atoms with Crippen LogP contribution in [0.5, 0.6) is 0 Å². The number of anilines is 2. The molecule has 4 rings (SSSR count). The van der Waals surface area contributed by atoms with E-state index in [1.807, 2.05) is 4.90 Å². The van der Waals surface area contributed by atoms with E-state index in [2.05, 4.69) is 31.0 Å². The molecule has 7 nitrogen and oxygen atoms in total. The van der Waals surface area contributed by atoms with Crippen molar-refractivity contribution in [1.82, 2.24) is 9.88 Å². The van der Waals surface area contributed by atoms with Crippen LogP contribution in [-0.4, -0.2) is 62.2 Å². The monoisotopic (exact) mass is 548 g/mol. The van der Waals surface area contributed by atoms with Gasteiger partial charge in [-0.2, -0.15) is 0 Å². The molecule has 2 saturated heterocycles. The van der Waals surface area contributed by atoms with Gasteiger partial charge in [0.1, 0.15) is 11.9 Å². The first-order chi connectivity index (χ1) is 17.5. The first kappa shape index (κ1) is 27.6. The van der Waals surface area contributed by atoms with Crippen molar-refractivity contribution in [2.45, 2.75) is 76.3 Å². The molecule has 202 valence electrons. The lowest BCUT2D eigenvalue weighted by molar-refractivity contribution is -0.130. The number of likely N-dealkylation sites (tertiary alicyclic amines) is 1. The van der Waals surface area contributed by atoms with Gasteiger partial charge in [-0.3, -0.25) is 4.79 Å². The normalized spacial score (nSPS) is 19.5. The third kappa shape index (κ3) is 5.85. The van der Waals surface area contributed by atoms with Crippen molar-refractivity contribution >= 4 is 44.0 Å². The Morgan fingerprint density at radius 1 is 1.22 bits per heavy atom. The average molecular weight is 549 g/mol. The molecule has 0 bridgehead atoms. The Morgan fingerprint density at radius 2 is 1.92 bits per heavy atom. The molecule has 1 unspecified atom stereocenters. The summed E-state index contributed by atoms with van der Waals surface area (Å²) in [4.78, 5) is 23.8. The van der Waals surface area contributed by atoms with E-state index >= 15 is 0 Å². The molecule has 37 heavy (non-hydrogen) atoms. The van der Waals surface area contributed by atoms with Crippen molar-refractivity contribution in [3.8, 4) is 0 Å². The second kappa shape index (κ2) is 11.1. The van der Waals surface area contributed by atoms with Crippen LogP contribution in [0.4, 0.5) is 15.2 Å². The van der Waals surface area contributed by atoms with Crippen LogP contribution >= 0.6 is 11.3 Å². The molecule has 0 aliphatic carbocycles. The SMILES string of the molecule is CC=Cc1cc(NC2CCN(C3CCN(c4nc(C(C)C)c(CC)s4)CC3)C2=O)c(F)cc1S(C)(=O)=O. The molecule has 3 heterocycles. The molecule has 1 aromatic carbocycles. The largest absolute Gasteiger partial charge is 0.371 e. The predicted octanol–water partition coefficient (Wildman–Crippen LogP) is 5.09. The topological polar surface area (TPSA) is 82.6 Å². The lowest BCUT2D eigenvalue weighted by Gasteiger charge is -2.36. The number of carbonyl (C=O) groups excluding carboxylic acids is 1. The maximum Gasteiger partial charge on any atom is 0.245 e. The molecular weight excluding hydrogens is 511 g/mol. The number of benzene rings is 1. The Balaban J connectivity index is 1.41. The van der Waals surface area contributed by atoms with Crippen molar-refractivity contribution in [1.29, 1.82) is 0 Å². The van der Waals surface area contributed by atoms with Crippen molar-refractivity contribution < 1.29 is 17.6 Å². The summed E-state index contributed by atoms with van der Waals surface area (Å²) < 4.78 is 39.0. The minimum Gasteiger partial charge on any atom is -0.371 e. The number of allylic oxidation sites excluding steroid dienone is 1. The van der Waals surface area contributed by atoms with Crippen LogP contribution in [-0.2, 0) is 21.1 Å². The number of piperidine rings is 1. The van der Waals surface area contributed by atoms with Gasteiger partial charge in [0.15, 0.2) is 15.0 Å². The van der Waals surface area contributed by atoms with Gasteiger partial charge < -0.3 is 15.1 Å². The highest BCUT2D eigenvalue weighted by Crippen LogP contribution is 2.34. The third-order valence-electron chi connectivity index (χ3n) is 7.17. The number of sulfone groups is 1. The number of aryl methyl sites for hydroxylation is 1. The second-order valence-corrected chi connectivity index (χ2v) is 13.2. The summed E-state index contributed by atoms with van der Waals surface area (Å²) >= 11 is 1.78. The first-order valence-corrected chi connectivity index (χ1v) is 15.7. The molecule has 0 saturated carbocycles. The number of amides is 1. The number of carbonyl (C=O) groups is 1. The zero-order valence-corrected chi connectivity index (χ0v) is 23.9. The lowest BCUT2D eigenvalue weighted by atomic mass is 10.0. The summed E-state index contributed by atoms with van der Waals surface area (Å²) in [5.41, 5.74) is 1.74. The Kier molecular flexibility index (Phi) is 8.28. The second-order valence-electron chi connectivity index (χ2n) is 10.2. The number of nitrogens with one attached hydrogen (secondary N) is 1. The van der Waals surface area contributed by atoms with E-state index in [4.69, 9.17) is 4.98 Å². The Hall–Kier alpha value is -2.46. The maximum absolute atomic E-state index is 14.9. The summed E-state index contributed by atoms with van der Waals surface area (Å²) in [7, 11) is -3.59. The molecule has 1 atom stereocenters. The minimum atomic E-state index is -3.59. The highest BCUT2D eigenvalue weighted by Gasteiger charge is 2.38. The zero-order valence-electron chi connectivity index (χ0n) is 22.3. The number of rotatable bonds is 8. The molecule has 2 aliphatic heterocycles. The average Bonchev–Trinajstić information content (AvgIpc) is 3.44. The van der Waals surface area contributed by atoms with Crippen LogP contribution in [0.15, 0.2) is 23.1 Å². The smallest absolute Gasteiger partial charge is 0.245 e. The van der Waals surface area contributed by atoms with E-state index < -0.39 is 21.7 Å². The zero-order chi connectivity index (χ0) is 26.9. The molecule has 0 radical (unpaired) electrons. The van der Waals surface area contributed by atoms with Gasteiger partial charge >= 0.3 is 0 Å². The predicted molar refractivity (Wildman–Crippen MR) is 149 cm³/mol. The molecule has 0 spiro atoms. The van der Waals surface area contributed by atoms with Gasteiger partial charge in [0, 0.05) is 36.8 Å². The summed E-state index contributed by atoms with van der Waals surface area (Å²) in [5, 5.41) is 4.13. The number of nitrogens with zero attached hydrogens (tertiary/aromatic N) is 3. The van der Waals surface area contributed by atoms with Crippen LogP contribution in [0.25, 0.3) is 6.08 Å². The van der Waals surface area contributed by atoms with Crippen molar-refractivity contribution in [2.24, 2.45) is 0 Å². The van der Waals surface area contributed by atoms with Crippen LogP contribution in [0.3, 0.4) is 0 Å². The van der Waals surface area contributed by atoms with Gasteiger partial charge in [0.2, 0.25) is 5.91 Å². The van der Waals surface area contributed by atoms with E-state index in [0.717, 1.165) is 49.8 Å². The summed E-state index contributed by atoms with van der Waals surface area (Å²) in [5.74, 6) is -0.295. The van der Waals surface area contributed by atoms with Gasteiger partial charge in [-0.1, -0.05) is 32.9 Å². The highest BCUT2D eigenvalue weighted by molar-refractivity contribution is 7.90. The number of aromatic nitrogens is 1. The fraction of sp³-hybridized carbons (Fsp3) is 0.556.